The van der Waals surface area contributed by atoms with E-state index in [1.165, 1.54) is 7.11 Å². The zero-order valence-electron chi connectivity index (χ0n) is 24.0. The Bertz CT molecular complexity index is 1390. The van der Waals surface area contributed by atoms with Crippen LogP contribution in [0.2, 0.25) is 0 Å². The molecular weight excluding hydrogens is 522 g/mol. The van der Waals surface area contributed by atoms with Gasteiger partial charge in [-0.05, 0) is 53.9 Å². The number of carbonyl (C=O) groups excluding carboxylic acids is 4. The summed E-state index contributed by atoms with van der Waals surface area (Å²) in [6.45, 7) is 6.29. The summed E-state index contributed by atoms with van der Waals surface area (Å²) in [5, 5.41) is 11.6. The van der Waals surface area contributed by atoms with Crippen LogP contribution in [0.15, 0.2) is 66.7 Å². The number of carbonyl (C=O) groups is 4. The molecule has 0 fully saturated rings. The summed E-state index contributed by atoms with van der Waals surface area (Å²) in [4.78, 5) is 51.1. The molecule has 1 atom stereocenters. The van der Waals surface area contributed by atoms with Gasteiger partial charge in [-0.3, -0.25) is 14.4 Å². The number of urea groups is 1. The van der Waals surface area contributed by atoms with Gasteiger partial charge in [0, 0.05) is 36.3 Å². The zero-order chi connectivity index (χ0) is 29.9. The first-order valence-electron chi connectivity index (χ1n) is 13.5. The van der Waals surface area contributed by atoms with Gasteiger partial charge >= 0.3 is 12.0 Å². The predicted molar refractivity (Wildman–Crippen MR) is 161 cm³/mol. The molecule has 0 aliphatic carbocycles. The van der Waals surface area contributed by atoms with Crippen molar-refractivity contribution in [2.24, 2.45) is 0 Å². The molecule has 4 amide bonds. The highest BCUT2D eigenvalue weighted by Gasteiger charge is 2.29. The van der Waals surface area contributed by atoms with Crippen molar-refractivity contribution in [3.63, 3.8) is 0 Å². The molecule has 0 saturated carbocycles. The normalized spacial score (nSPS) is 13.8. The van der Waals surface area contributed by atoms with Crippen LogP contribution in [0.3, 0.4) is 0 Å². The number of hydrogen-bond acceptors (Lipinski definition) is 6. The number of hydrogen-bond donors (Lipinski definition) is 4. The number of amides is 4. The van der Waals surface area contributed by atoms with Crippen molar-refractivity contribution < 1.29 is 23.9 Å². The average Bonchev–Trinajstić information content (AvgIpc) is 3.07. The van der Waals surface area contributed by atoms with E-state index in [9.17, 15) is 19.2 Å². The highest BCUT2D eigenvalue weighted by Crippen LogP contribution is 2.27. The number of nitrogens with one attached hydrogen (secondary N) is 4. The van der Waals surface area contributed by atoms with E-state index in [0.717, 1.165) is 22.4 Å². The standard InChI is InChI=1S/C29H31N5O5.C2H6/c1-18-6-4-5-7-23(18)33-29(38)31-21-11-8-19(9-12-21)14-26(35)30-22-13-10-20-17-34(2)28(37)25(16-27(36)39-3)32-24(20)15-22;1-2/h4-13,15,25,32H,14,16-17H2,1-3H3,(H,30,35)(H2,31,33,38);1-2H3. The lowest BCUT2D eigenvalue weighted by Gasteiger charge is -2.19. The molecule has 1 aliphatic heterocycles. The topological polar surface area (TPSA) is 129 Å². The summed E-state index contributed by atoms with van der Waals surface area (Å²) in [5.41, 5.74) is 5.16. The lowest BCUT2D eigenvalue weighted by Crippen LogP contribution is -2.39. The van der Waals surface area contributed by atoms with Crippen molar-refractivity contribution in [1.82, 2.24) is 4.90 Å². The highest BCUT2D eigenvalue weighted by molar-refractivity contribution is 6.00. The van der Waals surface area contributed by atoms with Crippen LogP contribution in [0.1, 0.15) is 37.0 Å². The lowest BCUT2D eigenvalue weighted by molar-refractivity contribution is -0.143. The maximum absolute atomic E-state index is 12.7. The Morgan fingerprint density at radius 3 is 2.32 bits per heavy atom. The largest absolute Gasteiger partial charge is 0.469 e. The van der Waals surface area contributed by atoms with E-state index < -0.39 is 12.0 Å². The third-order valence-electron chi connectivity index (χ3n) is 6.37. The first-order chi connectivity index (χ1) is 19.7. The van der Waals surface area contributed by atoms with Gasteiger partial charge in [-0.2, -0.15) is 0 Å². The summed E-state index contributed by atoms with van der Waals surface area (Å²) >= 11 is 0. The molecule has 216 valence electrons. The van der Waals surface area contributed by atoms with Crippen LogP contribution in [0, 0.1) is 6.92 Å². The fraction of sp³-hybridized carbons (Fsp3) is 0.290. The van der Waals surface area contributed by atoms with Crippen LogP contribution in [-0.2, 0) is 32.1 Å². The maximum atomic E-state index is 12.7. The van der Waals surface area contributed by atoms with Crippen molar-refractivity contribution >= 4 is 46.6 Å². The molecule has 4 rings (SSSR count). The number of likely N-dealkylation sites (N-methyl/N-ethyl adjacent to an activating group) is 1. The first-order valence-corrected chi connectivity index (χ1v) is 13.5. The third-order valence-corrected chi connectivity index (χ3v) is 6.37. The maximum Gasteiger partial charge on any atom is 0.323 e. The minimum atomic E-state index is -0.763. The SMILES string of the molecule is CC.COC(=O)CC1Nc2cc(NC(=O)Cc3ccc(NC(=O)Nc4ccccc4C)cc3)ccc2CN(C)C1=O. The monoisotopic (exact) mass is 559 g/mol. The Morgan fingerprint density at radius 1 is 0.951 bits per heavy atom. The fourth-order valence-electron chi connectivity index (χ4n) is 4.26. The van der Waals surface area contributed by atoms with Crippen LogP contribution in [0.5, 0.6) is 0 Å². The molecule has 1 heterocycles. The molecule has 0 saturated heterocycles. The number of benzene rings is 3. The highest BCUT2D eigenvalue weighted by atomic mass is 16.5. The van der Waals surface area contributed by atoms with Gasteiger partial charge in [0.25, 0.3) is 0 Å². The Kier molecular flexibility index (Phi) is 10.9. The fourth-order valence-corrected chi connectivity index (χ4v) is 4.26. The molecular formula is C31H37N5O5. The molecule has 10 heteroatoms. The van der Waals surface area contributed by atoms with E-state index in [1.54, 1.807) is 48.3 Å². The molecule has 0 bridgehead atoms. The number of nitrogens with zero attached hydrogens (tertiary/aromatic N) is 1. The molecule has 0 aromatic heterocycles. The summed E-state index contributed by atoms with van der Waals surface area (Å²) < 4.78 is 4.72. The average molecular weight is 560 g/mol. The van der Waals surface area contributed by atoms with Gasteiger partial charge in [0.05, 0.1) is 20.0 Å². The minimum absolute atomic E-state index is 0.103. The second kappa shape index (κ2) is 14.5. The van der Waals surface area contributed by atoms with E-state index in [1.807, 2.05) is 51.1 Å². The quantitative estimate of drug-likeness (QED) is 0.296. The van der Waals surface area contributed by atoms with E-state index in [-0.39, 0.29) is 30.7 Å². The van der Waals surface area contributed by atoms with Gasteiger partial charge in [-0.25, -0.2) is 4.79 Å². The van der Waals surface area contributed by atoms with E-state index in [2.05, 4.69) is 21.3 Å². The van der Waals surface area contributed by atoms with Crippen molar-refractivity contribution in [1.29, 1.82) is 0 Å². The predicted octanol–water partition coefficient (Wildman–Crippen LogP) is 5.16. The third kappa shape index (κ3) is 8.56. The Hall–Kier alpha value is -4.86. The summed E-state index contributed by atoms with van der Waals surface area (Å²) in [5.74, 6) is -0.927. The first kappa shape index (κ1) is 30.7. The van der Waals surface area contributed by atoms with Gasteiger partial charge in [-0.15, -0.1) is 0 Å². The molecule has 0 spiro atoms. The van der Waals surface area contributed by atoms with Crippen LogP contribution in [0.4, 0.5) is 27.5 Å². The number of aryl methyl sites for hydroxylation is 1. The summed E-state index contributed by atoms with van der Waals surface area (Å²) in [6, 6.07) is 18.8. The van der Waals surface area contributed by atoms with E-state index in [4.69, 9.17) is 4.74 Å². The Balaban J connectivity index is 0.00000226. The van der Waals surface area contributed by atoms with Crippen LogP contribution < -0.4 is 21.3 Å². The Labute approximate surface area is 240 Å². The second-order valence-corrected chi connectivity index (χ2v) is 9.36. The molecule has 41 heavy (non-hydrogen) atoms. The van der Waals surface area contributed by atoms with Gasteiger partial charge in [0.2, 0.25) is 11.8 Å². The van der Waals surface area contributed by atoms with Crippen LogP contribution in [0.25, 0.3) is 0 Å². The summed E-state index contributed by atoms with van der Waals surface area (Å²) in [6.07, 6.45) is 0.0283. The van der Waals surface area contributed by atoms with Gasteiger partial charge in [0.1, 0.15) is 6.04 Å². The molecule has 0 radical (unpaired) electrons. The number of anilines is 4. The van der Waals surface area contributed by atoms with Crippen molar-refractivity contribution in [3.8, 4) is 0 Å². The van der Waals surface area contributed by atoms with Gasteiger partial charge in [-0.1, -0.05) is 50.2 Å². The van der Waals surface area contributed by atoms with E-state index in [0.29, 0.717) is 23.6 Å². The van der Waals surface area contributed by atoms with Crippen LogP contribution in [-0.4, -0.2) is 48.9 Å². The molecule has 3 aromatic carbocycles. The van der Waals surface area contributed by atoms with Crippen molar-refractivity contribution in [2.45, 2.75) is 46.2 Å². The number of rotatable bonds is 7. The second-order valence-electron chi connectivity index (χ2n) is 9.36. The molecule has 10 nitrogen and oxygen atoms in total. The van der Waals surface area contributed by atoms with Gasteiger partial charge in [0.15, 0.2) is 0 Å². The number of esters is 1. The molecule has 1 unspecified atom stereocenters. The smallest absolute Gasteiger partial charge is 0.323 e. The number of methoxy groups -OCH3 is 1. The van der Waals surface area contributed by atoms with Crippen molar-refractivity contribution in [2.75, 3.05) is 35.4 Å². The Morgan fingerprint density at radius 2 is 1.63 bits per heavy atom. The molecule has 4 N–H and O–H groups in total. The van der Waals surface area contributed by atoms with Crippen LogP contribution >= 0.6 is 0 Å². The lowest BCUT2D eigenvalue weighted by atomic mass is 10.1. The van der Waals surface area contributed by atoms with Gasteiger partial charge < -0.3 is 30.9 Å². The summed E-state index contributed by atoms with van der Waals surface area (Å²) in [7, 11) is 2.96. The zero-order valence-corrected chi connectivity index (χ0v) is 24.0. The number of para-hydroxylation sites is 1. The number of ether oxygens (including phenoxy) is 1. The molecule has 1 aliphatic rings. The molecule has 3 aromatic rings. The van der Waals surface area contributed by atoms with Crippen molar-refractivity contribution in [3.05, 3.63) is 83.4 Å². The minimum Gasteiger partial charge on any atom is -0.469 e. The number of fused-ring (bicyclic) bond motifs is 1. The van der Waals surface area contributed by atoms with E-state index >= 15 is 0 Å².